The van der Waals surface area contributed by atoms with Crippen molar-refractivity contribution >= 4 is 5.95 Å². The monoisotopic (exact) mass is 308 g/mol. The smallest absolute Gasteiger partial charge is 0.366 e. The Morgan fingerprint density at radius 3 is 1.81 bits per heavy atom. The molecule has 4 nitrogen and oxygen atoms in total. The zero-order chi connectivity index (χ0) is 15.8. The van der Waals surface area contributed by atoms with Gasteiger partial charge in [-0.3, -0.25) is 0 Å². The van der Waals surface area contributed by atoms with Gasteiger partial charge in [0.1, 0.15) is 0 Å². The molecule has 112 valence electrons. The summed E-state index contributed by atoms with van der Waals surface area (Å²) in [5.74, 6) is -0.363. The van der Waals surface area contributed by atoms with Crippen molar-refractivity contribution in [3.8, 4) is 11.3 Å². The first-order valence-electron chi connectivity index (χ1n) is 5.32. The Labute approximate surface area is 113 Å². The summed E-state index contributed by atoms with van der Waals surface area (Å²) in [5, 5.41) is 6.62. The minimum absolute atomic E-state index is 0.0292. The van der Waals surface area contributed by atoms with Crippen molar-refractivity contribution in [3.05, 3.63) is 35.5 Å². The molecule has 2 aromatic rings. The molecule has 10 heteroatoms. The first kappa shape index (κ1) is 15.0. The number of halogens is 6. The highest BCUT2D eigenvalue weighted by atomic mass is 19.4. The summed E-state index contributed by atoms with van der Waals surface area (Å²) in [6, 6.07) is 1.11. The summed E-state index contributed by atoms with van der Waals surface area (Å²) in [4.78, 5) is 3.56. The van der Waals surface area contributed by atoms with Crippen molar-refractivity contribution in [3.63, 3.8) is 0 Å². The van der Waals surface area contributed by atoms with E-state index in [4.69, 9.17) is 5.73 Å². The van der Waals surface area contributed by atoms with E-state index in [1.807, 2.05) is 0 Å². The Kier molecular flexibility index (Phi) is 3.47. The summed E-state index contributed by atoms with van der Waals surface area (Å²) >= 11 is 0. The van der Waals surface area contributed by atoms with E-state index in [1.165, 1.54) is 0 Å². The van der Waals surface area contributed by atoms with Crippen LogP contribution in [0.15, 0.2) is 24.4 Å². The Balaban J connectivity index is 2.66. The van der Waals surface area contributed by atoms with Crippen LogP contribution in [0, 0.1) is 0 Å². The lowest BCUT2D eigenvalue weighted by molar-refractivity contribution is -0.143. The van der Waals surface area contributed by atoms with Crippen LogP contribution in [-0.4, -0.2) is 15.2 Å². The van der Waals surface area contributed by atoms with E-state index in [0.717, 1.165) is 6.20 Å². The number of alkyl halides is 6. The highest BCUT2D eigenvalue weighted by Gasteiger charge is 2.37. The lowest BCUT2D eigenvalue weighted by atomic mass is 10.0. The van der Waals surface area contributed by atoms with Crippen LogP contribution in [0.2, 0.25) is 0 Å². The van der Waals surface area contributed by atoms with Gasteiger partial charge in [0, 0.05) is 5.56 Å². The zero-order valence-corrected chi connectivity index (χ0v) is 10.00. The lowest BCUT2D eigenvalue weighted by Crippen LogP contribution is -2.11. The molecule has 0 bridgehead atoms. The van der Waals surface area contributed by atoms with E-state index < -0.39 is 29.0 Å². The summed E-state index contributed by atoms with van der Waals surface area (Å²) in [5.41, 5.74) is 1.69. The van der Waals surface area contributed by atoms with E-state index in [0.29, 0.717) is 12.1 Å². The molecule has 21 heavy (non-hydrogen) atoms. The fourth-order valence-corrected chi connectivity index (χ4v) is 1.56. The van der Waals surface area contributed by atoms with E-state index in [-0.39, 0.29) is 17.7 Å². The van der Waals surface area contributed by atoms with Crippen molar-refractivity contribution in [1.29, 1.82) is 0 Å². The number of rotatable bonds is 1. The molecule has 0 aliphatic carbocycles. The number of nitrogen functional groups attached to an aromatic ring is 1. The van der Waals surface area contributed by atoms with Gasteiger partial charge in [0.05, 0.1) is 23.0 Å². The lowest BCUT2D eigenvalue weighted by Gasteiger charge is -2.13. The molecule has 0 spiro atoms. The quantitative estimate of drug-likeness (QED) is 0.822. The van der Waals surface area contributed by atoms with Crippen LogP contribution in [0.1, 0.15) is 11.1 Å². The molecule has 0 aliphatic heterocycles. The Bertz CT molecular complexity index is 632. The topological polar surface area (TPSA) is 64.7 Å². The third-order valence-corrected chi connectivity index (χ3v) is 2.46. The zero-order valence-electron chi connectivity index (χ0n) is 10.00. The second-order valence-corrected chi connectivity index (χ2v) is 3.99. The molecule has 2 N–H and O–H groups in total. The number of hydrogen-bond donors (Lipinski definition) is 1. The maximum absolute atomic E-state index is 12.7. The summed E-state index contributed by atoms with van der Waals surface area (Å²) in [6.07, 6.45) is -8.93. The van der Waals surface area contributed by atoms with Crippen molar-refractivity contribution in [2.75, 3.05) is 5.73 Å². The molecule has 2 rings (SSSR count). The molecular formula is C11H6F6N4. The maximum Gasteiger partial charge on any atom is 0.416 e. The van der Waals surface area contributed by atoms with Gasteiger partial charge < -0.3 is 5.73 Å². The molecule has 0 fully saturated rings. The number of nitrogens with two attached hydrogens (primary N) is 1. The minimum atomic E-state index is -4.93. The van der Waals surface area contributed by atoms with Crippen LogP contribution in [0.4, 0.5) is 32.3 Å². The average molecular weight is 308 g/mol. The fraction of sp³-hybridized carbons (Fsp3) is 0.182. The van der Waals surface area contributed by atoms with Crippen LogP contribution in [-0.2, 0) is 12.4 Å². The Morgan fingerprint density at radius 2 is 1.38 bits per heavy atom. The van der Waals surface area contributed by atoms with Crippen LogP contribution >= 0.6 is 0 Å². The predicted octanol–water partition coefficient (Wildman–Crippen LogP) is 3.16. The first-order chi connectivity index (χ1) is 9.57. The molecule has 0 saturated carbocycles. The second-order valence-electron chi connectivity index (χ2n) is 3.99. The van der Waals surface area contributed by atoms with Crippen LogP contribution in [0.25, 0.3) is 11.3 Å². The largest absolute Gasteiger partial charge is 0.416 e. The Hall–Kier alpha value is -2.39. The van der Waals surface area contributed by atoms with Crippen molar-refractivity contribution in [1.82, 2.24) is 15.2 Å². The third-order valence-electron chi connectivity index (χ3n) is 2.46. The predicted molar refractivity (Wildman–Crippen MR) is 59.7 cm³/mol. The third kappa shape index (κ3) is 3.38. The second kappa shape index (κ2) is 4.86. The number of aromatic nitrogens is 3. The summed E-state index contributed by atoms with van der Waals surface area (Å²) < 4.78 is 76.1. The maximum atomic E-state index is 12.7. The van der Waals surface area contributed by atoms with Crippen molar-refractivity contribution < 1.29 is 26.3 Å². The number of hydrogen-bond acceptors (Lipinski definition) is 4. The molecule has 1 aromatic heterocycles. The van der Waals surface area contributed by atoms with E-state index in [9.17, 15) is 26.3 Å². The van der Waals surface area contributed by atoms with Gasteiger partial charge in [-0.25, -0.2) is 4.98 Å². The van der Waals surface area contributed by atoms with E-state index in [2.05, 4.69) is 15.2 Å². The molecule has 0 amide bonds. The normalized spacial score (nSPS) is 12.5. The molecule has 0 radical (unpaired) electrons. The molecule has 0 atom stereocenters. The number of nitrogens with zero attached hydrogens (tertiary/aromatic N) is 3. The van der Waals surface area contributed by atoms with Gasteiger partial charge in [-0.15, -0.1) is 5.10 Å². The molecule has 1 heterocycles. The summed E-state index contributed by atoms with van der Waals surface area (Å²) in [6.45, 7) is 0. The molecular weight excluding hydrogens is 302 g/mol. The molecule has 0 unspecified atom stereocenters. The molecule has 0 aliphatic rings. The average Bonchev–Trinajstić information content (AvgIpc) is 2.36. The van der Waals surface area contributed by atoms with E-state index >= 15 is 0 Å². The van der Waals surface area contributed by atoms with Gasteiger partial charge in [0.2, 0.25) is 5.95 Å². The number of anilines is 1. The first-order valence-corrected chi connectivity index (χ1v) is 5.32. The van der Waals surface area contributed by atoms with Gasteiger partial charge >= 0.3 is 12.4 Å². The SMILES string of the molecule is Nc1nncc(-c2cc(C(F)(F)F)cc(C(F)(F)F)c2)n1. The van der Waals surface area contributed by atoms with Gasteiger partial charge in [-0.1, -0.05) is 0 Å². The van der Waals surface area contributed by atoms with Crippen LogP contribution < -0.4 is 5.73 Å². The van der Waals surface area contributed by atoms with Gasteiger partial charge in [-0.05, 0) is 18.2 Å². The highest BCUT2D eigenvalue weighted by Crippen LogP contribution is 2.38. The molecule has 1 aromatic carbocycles. The molecule has 0 saturated heterocycles. The standard InChI is InChI=1S/C11H6F6N4/c12-10(13,14)6-1-5(2-7(3-6)11(15,16)17)8-4-19-21-9(18)20-8/h1-4H,(H2,18,20,21). The Morgan fingerprint density at radius 1 is 0.857 bits per heavy atom. The van der Waals surface area contributed by atoms with E-state index in [1.54, 1.807) is 0 Å². The minimum Gasteiger partial charge on any atom is -0.366 e. The van der Waals surface area contributed by atoms with Crippen LogP contribution in [0.5, 0.6) is 0 Å². The van der Waals surface area contributed by atoms with Gasteiger partial charge in [-0.2, -0.15) is 31.4 Å². The van der Waals surface area contributed by atoms with Gasteiger partial charge in [0.15, 0.2) is 0 Å². The summed E-state index contributed by atoms with van der Waals surface area (Å²) in [7, 11) is 0. The van der Waals surface area contributed by atoms with Gasteiger partial charge in [0.25, 0.3) is 0 Å². The fourth-order valence-electron chi connectivity index (χ4n) is 1.56. The highest BCUT2D eigenvalue weighted by molar-refractivity contribution is 5.61. The van der Waals surface area contributed by atoms with Crippen molar-refractivity contribution in [2.45, 2.75) is 12.4 Å². The van der Waals surface area contributed by atoms with Crippen molar-refractivity contribution in [2.24, 2.45) is 0 Å². The van der Waals surface area contributed by atoms with Crippen LogP contribution in [0.3, 0.4) is 0 Å². The number of benzene rings is 1.